The zero-order valence-electron chi connectivity index (χ0n) is 11.7. The van der Waals surface area contributed by atoms with E-state index in [2.05, 4.69) is 30.7 Å². The van der Waals surface area contributed by atoms with Crippen LogP contribution in [-0.4, -0.2) is 53.4 Å². The molecule has 0 radical (unpaired) electrons. The first-order chi connectivity index (χ1) is 10.9. The van der Waals surface area contributed by atoms with Gasteiger partial charge in [-0.1, -0.05) is 0 Å². The molecule has 0 saturated heterocycles. The van der Waals surface area contributed by atoms with Gasteiger partial charge in [0.15, 0.2) is 36.6 Å². The van der Waals surface area contributed by atoms with Crippen LogP contribution >= 0.6 is 0 Å². The molecule has 0 heterocycles. The smallest absolute Gasteiger partial charge is 0.527 e. The van der Waals surface area contributed by atoms with Crippen LogP contribution in [0.5, 0.6) is 0 Å². The molecule has 0 aromatic rings. The van der Waals surface area contributed by atoms with Crippen molar-refractivity contribution in [2.24, 2.45) is 30.7 Å². The van der Waals surface area contributed by atoms with Crippen LogP contribution < -0.4 is 30.6 Å². The first kappa shape index (κ1) is 33.4. The minimum Gasteiger partial charge on any atom is -0.527 e. The summed E-state index contributed by atoms with van der Waals surface area (Å²) in [4.78, 5) is 55.4. The summed E-state index contributed by atoms with van der Waals surface area (Å²) in [5.41, 5.74) is 0. The topological polar surface area (TPSA) is 315 Å². The Morgan fingerprint density at radius 3 is 0.462 bits per heavy atom. The Kier molecular flexibility index (Phi) is 26.6. The summed E-state index contributed by atoms with van der Waals surface area (Å²) in [5, 5.41) is 68.0. The Balaban J connectivity index is -0.0000000817. The maximum Gasteiger partial charge on any atom is 3.00 e. The van der Waals surface area contributed by atoms with E-state index < -0.39 is 36.6 Å². The van der Waals surface area contributed by atoms with Crippen molar-refractivity contribution < 1.29 is 59.4 Å². The Labute approximate surface area is 144 Å². The van der Waals surface area contributed by atoms with E-state index in [0.29, 0.717) is 0 Å². The summed E-state index contributed by atoms with van der Waals surface area (Å²) in [5.74, 6) is 0. The van der Waals surface area contributed by atoms with Gasteiger partial charge in [-0.25, -0.2) is 0 Å². The van der Waals surface area contributed by atoms with E-state index in [1.165, 1.54) is 0 Å². The molecule has 6 amide bonds. The van der Waals surface area contributed by atoms with Gasteiger partial charge < -0.3 is 59.4 Å². The van der Waals surface area contributed by atoms with Crippen LogP contribution in [0.15, 0.2) is 30.7 Å². The molecular weight excluding hydrogens is 370 g/mol. The molecule has 0 atom stereocenters. The monoisotopic (exact) mass is 370 g/mol. The van der Waals surface area contributed by atoms with Crippen LogP contribution in [0.4, 0.5) is 28.8 Å². The second kappa shape index (κ2) is 20.7. The molecule has 0 rings (SSSR count). The molecule has 0 aliphatic heterocycles. The molecule has 0 aliphatic carbocycles. The largest absolute Gasteiger partial charge is 3.00 e. The van der Waals surface area contributed by atoms with E-state index in [9.17, 15) is 59.4 Å². The van der Waals surface area contributed by atoms with E-state index >= 15 is 0 Å². The summed E-state index contributed by atoms with van der Waals surface area (Å²) in [6, 6.07) is 0. The number of carbonyl (C=O) groups is 6. The van der Waals surface area contributed by atoms with E-state index in [1.807, 2.05) is 0 Å². The molecule has 132 valence electrons. The van der Waals surface area contributed by atoms with Crippen molar-refractivity contribution in [1.29, 1.82) is 0 Å². The summed E-state index contributed by atoms with van der Waals surface area (Å²) >= 11 is 0. The van der Waals surface area contributed by atoms with E-state index in [-0.39, 0.29) is 16.8 Å². The van der Waals surface area contributed by atoms with Gasteiger partial charge in [-0.3, -0.25) is 0 Å². The SMILES string of the molecule is O=C([O-])N=NC(=O)[O-].O=C([O-])N=NC(=O)[O-].O=C([O-])N=NC(=O)[O-].[B+3].[B+3]. The van der Waals surface area contributed by atoms with Gasteiger partial charge in [0.2, 0.25) is 0 Å². The first-order valence-electron chi connectivity index (χ1n) is 4.39. The Morgan fingerprint density at radius 1 is 0.346 bits per heavy atom. The fourth-order valence-corrected chi connectivity index (χ4v) is 0.245. The average molecular weight is 370 g/mol. The van der Waals surface area contributed by atoms with Crippen LogP contribution in [0, 0.1) is 0 Å². The zero-order chi connectivity index (χ0) is 19.7. The minimum atomic E-state index is -1.91. The molecule has 0 aromatic heterocycles. The number of hydrogen-bond acceptors (Lipinski definition) is 12. The summed E-state index contributed by atoms with van der Waals surface area (Å²) < 4.78 is 0. The Morgan fingerprint density at radius 2 is 0.423 bits per heavy atom. The summed E-state index contributed by atoms with van der Waals surface area (Å²) in [6.45, 7) is 0. The van der Waals surface area contributed by atoms with Gasteiger partial charge in [0, 0.05) is 0 Å². The van der Waals surface area contributed by atoms with Crippen LogP contribution in [-0.2, 0) is 0 Å². The molecule has 0 bridgehead atoms. The van der Waals surface area contributed by atoms with Crippen molar-refractivity contribution in [2.45, 2.75) is 0 Å². The molecule has 0 saturated carbocycles. The third-order valence-electron chi connectivity index (χ3n) is 0.640. The Bertz CT molecular complexity index is 460. The van der Waals surface area contributed by atoms with Crippen molar-refractivity contribution in [3.63, 3.8) is 0 Å². The Hall–Kier alpha value is -4.25. The number of carboxylic acid groups (broad SMARTS) is 6. The normalized spacial score (nSPS) is 8.77. The quantitative estimate of drug-likeness (QED) is 0.284. The first-order valence-corrected chi connectivity index (χ1v) is 4.39. The predicted octanol–water partition coefficient (Wildman–Crippen LogP) is -6.39. The number of carbonyl (C=O) groups excluding carboxylic acids is 6. The average Bonchev–Trinajstić information content (AvgIpc) is 2.42. The van der Waals surface area contributed by atoms with Gasteiger partial charge in [-0.05, 0) is 0 Å². The molecule has 26 heavy (non-hydrogen) atoms. The third-order valence-corrected chi connectivity index (χ3v) is 0.640. The third kappa shape index (κ3) is 60.1. The molecule has 20 heteroatoms. The number of rotatable bonds is 0. The van der Waals surface area contributed by atoms with Gasteiger partial charge in [-0.15, -0.1) is 30.7 Å². The standard InChI is InChI=1S/3C2H2N2O4.2B/c3*5-1(6)3-4-2(7)8;;/h3*(H,5,6)(H,7,8);;/q;;;2*+3/p-6. The van der Waals surface area contributed by atoms with Crippen molar-refractivity contribution >= 4 is 53.4 Å². The molecular formula is C6B2N6O12. The number of hydrogen-bond donors (Lipinski definition) is 0. The van der Waals surface area contributed by atoms with Crippen molar-refractivity contribution in [3.05, 3.63) is 0 Å². The van der Waals surface area contributed by atoms with Crippen molar-refractivity contribution in [1.82, 2.24) is 0 Å². The van der Waals surface area contributed by atoms with Crippen molar-refractivity contribution in [3.8, 4) is 0 Å². The molecule has 0 N–H and O–H groups in total. The maximum absolute atomic E-state index is 9.24. The van der Waals surface area contributed by atoms with E-state index in [1.54, 1.807) is 0 Å². The van der Waals surface area contributed by atoms with E-state index in [0.717, 1.165) is 0 Å². The second-order valence-electron chi connectivity index (χ2n) is 2.20. The number of azo groups is 3. The van der Waals surface area contributed by atoms with Crippen molar-refractivity contribution in [2.75, 3.05) is 0 Å². The summed E-state index contributed by atoms with van der Waals surface area (Å²) in [6.07, 6.45) is -11.4. The van der Waals surface area contributed by atoms with Gasteiger partial charge in [-0.2, -0.15) is 0 Å². The maximum atomic E-state index is 9.24. The second-order valence-corrected chi connectivity index (χ2v) is 2.20. The van der Waals surface area contributed by atoms with Gasteiger partial charge >= 0.3 is 16.8 Å². The van der Waals surface area contributed by atoms with E-state index in [4.69, 9.17) is 0 Å². The molecule has 0 spiro atoms. The van der Waals surface area contributed by atoms with Crippen LogP contribution in [0.2, 0.25) is 0 Å². The minimum absolute atomic E-state index is 0. The van der Waals surface area contributed by atoms with Crippen LogP contribution in [0.1, 0.15) is 0 Å². The summed E-state index contributed by atoms with van der Waals surface area (Å²) in [7, 11) is 0. The predicted molar refractivity (Wildman–Crippen MR) is 58.5 cm³/mol. The molecule has 0 fully saturated rings. The van der Waals surface area contributed by atoms with Gasteiger partial charge in [0.25, 0.3) is 0 Å². The zero-order valence-corrected chi connectivity index (χ0v) is 11.7. The molecule has 0 aromatic carbocycles. The van der Waals surface area contributed by atoms with Crippen LogP contribution in [0.3, 0.4) is 0 Å². The van der Waals surface area contributed by atoms with Crippen LogP contribution in [0.25, 0.3) is 0 Å². The fourth-order valence-electron chi connectivity index (χ4n) is 0.245. The van der Waals surface area contributed by atoms with Gasteiger partial charge in [0.1, 0.15) is 0 Å². The number of amides is 6. The number of nitrogens with zero attached hydrogens (tertiary/aromatic N) is 6. The molecule has 0 aliphatic rings. The molecule has 18 nitrogen and oxygen atoms in total. The van der Waals surface area contributed by atoms with Gasteiger partial charge in [0.05, 0.1) is 0 Å². The molecule has 0 unspecified atom stereocenters. The fraction of sp³-hybridized carbons (Fsp3) is 0.